The Morgan fingerprint density at radius 3 is 2.62 bits per heavy atom. The molecule has 0 heterocycles. The van der Waals surface area contributed by atoms with Gasteiger partial charge >= 0.3 is 0 Å². The summed E-state index contributed by atoms with van der Waals surface area (Å²) in [6.07, 6.45) is 4.11. The molecular formula is C19H20ClNO3. The molecule has 2 aromatic carbocycles. The van der Waals surface area contributed by atoms with Crippen molar-refractivity contribution in [3.63, 3.8) is 0 Å². The van der Waals surface area contributed by atoms with Gasteiger partial charge in [-0.1, -0.05) is 30.5 Å². The number of methoxy groups -OCH3 is 1. The van der Waals surface area contributed by atoms with E-state index in [0.29, 0.717) is 28.0 Å². The number of halogens is 1. The summed E-state index contributed by atoms with van der Waals surface area (Å²) in [4.78, 5) is 12.4. The van der Waals surface area contributed by atoms with Crippen LogP contribution in [0.3, 0.4) is 0 Å². The van der Waals surface area contributed by atoms with Gasteiger partial charge in [0.25, 0.3) is 0 Å². The molecule has 4 nitrogen and oxygen atoms in total. The van der Waals surface area contributed by atoms with E-state index in [2.05, 4.69) is 5.32 Å². The monoisotopic (exact) mass is 345 g/mol. The quantitative estimate of drug-likeness (QED) is 0.803. The zero-order valence-electron chi connectivity index (χ0n) is 13.5. The van der Waals surface area contributed by atoms with Crippen LogP contribution in [0.1, 0.15) is 25.7 Å². The Kier molecular flexibility index (Phi) is 5.26. The summed E-state index contributed by atoms with van der Waals surface area (Å²) in [5.41, 5.74) is 0.585. The Morgan fingerprint density at radius 1 is 1.12 bits per heavy atom. The second-order valence-corrected chi connectivity index (χ2v) is 6.33. The van der Waals surface area contributed by atoms with Gasteiger partial charge in [0.15, 0.2) is 5.75 Å². The molecule has 0 aromatic heterocycles. The predicted octanol–water partition coefficient (Wildman–Crippen LogP) is 5.27. The third-order valence-corrected chi connectivity index (χ3v) is 4.43. The molecule has 1 saturated carbocycles. The van der Waals surface area contributed by atoms with Gasteiger partial charge in [-0.2, -0.15) is 0 Å². The predicted molar refractivity (Wildman–Crippen MR) is 95.1 cm³/mol. The highest BCUT2D eigenvalue weighted by Crippen LogP contribution is 2.34. The number of nitrogens with one attached hydrogen (secondary N) is 1. The summed E-state index contributed by atoms with van der Waals surface area (Å²) in [7, 11) is 1.61. The van der Waals surface area contributed by atoms with E-state index in [4.69, 9.17) is 21.1 Å². The van der Waals surface area contributed by atoms with Crippen molar-refractivity contribution in [1.29, 1.82) is 0 Å². The molecule has 1 aliphatic rings. The molecule has 24 heavy (non-hydrogen) atoms. The van der Waals surface area contributed by atoms with Crippen molar-refractivity contribution in [3.05, 3.63) is 47.5 Å². The van der Waals surface area contributed by atoms with Gasteiger partial charge in [0.2, 0.25) is 5.91 Å². The average Bonchev–Trinajstić information content (AvgIpc) is 3.12. The lowest BCUT2D eigenvalue weighted by Gasteiger charge is -2.15. The average molecular weight is 346 g/mol. The smallest absolute Gasteiger partial charge is 0.227 e. The first-order valence-corrected chi connectivity index (χ1v) is 8.46. The maximum atomic E-state index is 12.4. The largest absolute Gasteiger partial charge is 0.497 e. The van der Waals surface area contributed by atoms with Crippen LogP contribution in [0, 0.1) is 5.92 Å². The zero-order valence-corrected chi connectivity index (χ0v) is 14.3. The Morgan fingerprint density at radius 2 is 1.88 bits per heavy atom. The number of hydrogen-bond acceptors (Lipinski definition) is 3. The van der Waals surface area contributed by atoms with E-state index in [1.165, 1.54) is 0 Å². The number of rotatable bonds is 5. The molecule has 1 amide bonds. The highest BCUT2D eigenvalue weighted by atomic mass is 35.5. The van der Waals surface area contributed by atoms with E-state index >= 15 is 0 Å². The Balaban J connectivity index is 1.80. The first-order chi connectivity index (χ1) is 11.7. The molecule has 1 N–H and O–H groups in total. The van der Waals surface area contributed by atoms with Crippen molar-refractivity contribution < 1.29 is 14.3 Å². The number of ether oxygens (including phenoxy) is 2. The van der Waals surface area contributed by atoms with Crippen molar-refractivity contribution >= 4 is 23.2 Å². The minimum Gasteiger partial charge on any atom is -0.497 e. The first-order valence-electron chi connectivity index (χ1n) is 8.08. The van der Waals surface area contributed by atoms with Crippen molar-refractivity contribution in [2.24, 2.45) is 5.92 Å². The molecule has 0 unspecified atom stereocenters. The van der Waals surface area contributed by atoms with Gasteiger partial charge < -0.3 is 14.8 Å². The van der Waals surface area contributed by atoms with E-state index in [1.54, 1.807) is 31.4 Å². The van der Waals surface area contributed by atoms with Crippen molar-refractivity contribution in [1.82, 2.24) is 0 Å². The van der Waals surface area contributed by atoms with Crippen molar-refractivity contribution in [3.8, 4) is 17.2 Å². The lowest BCUT2D eigenvalue weighted by molar-refractivity contribution is -0.119. The van der Waals surface area contributed by atoms with Gasteiger partial charge in [-0.25, -0.2) is 0 Å². The number of carbonyl (C=O) groups excluding carboxylic acids is 1. The number of anilines is 1. The molecule has 0 bridgehead atoms. The summed E-state index contributed by atoms with van der Waals surface area (Å²) >= 11 is 6.08. The molecule has 1 fully saturated rings. The molecular weight excluding hydrogens is 326 g/mol. The summed E-state index contributed by atoms with van der Waals surface area (Å²) in [6.45, 7) is 0. The SMILES string of the molecule is COc1cccc(Oc2ccc(Cl)cc2NC(=O)C2CCCC2)c1. The molecule has 0 atom stereocenters. The molecule has 0 spiro atoms. The third-order valence-electron chi connectivity index (χ3n) is 4.19. The van der Waals surface area contributed by atoms with Crippen LogP contribution in [-0.2, 0) is 4.79 Å². The van der Waals surface area contributed by atoms with E-state index in [9.17, 15) is 4.79 Å². The Labute approximate surface area is 146 Å². The Bertz CT molecular complexity index is 726. The van der Waals surface area contributed by atoms with E-state index in [1.807, 2.05) is 18.2 Å². The summed E-state index contributed by atoms with van der Waals surface area (Å²) in [5.74, 6) is 2.00. The minimum absolute atomic E-state index is 0.0326. The number of carbonyl (C=O) groups is 1. The standard InChI is InChI=1S/C19H20ClNO3/c1-23-15-7-4-8-16(12-15)24-18-10-9-14(20)11-17(18)21-19(22)13-5-2-3-6-13/h4,7-13H,2-3,5-6H2,1H3,(H,21,22). The second kappa shape index (κ2) is 7.58. The molecule has 3 rings (SSSR count). The van der Waals surface area contributed by atoms with Gasteiger partial charge in [0, 0.05) is 17.0 Å². The third kappa shape index (κ3) is 4.01. The molecule has 0 aliphatic heterocycles. The van der Waals surface area contributed by atoms with Gasteiger partial charge in [-0.05, 0) is 43.2 Å². The van der Waals surface area contributed by atoms with Crippen LogP contribution in [0.4, 0.5) is 5.69 Å². The van der Waals surface area contributed by atoms with Crippen LogP contribution in [0.5, 0.6) is 17.2 Å². The van der Waals surface area contributed by atoms with E-state index in [-0.39, 0.29) is 11.8 Å². The summed E-state index contributed by atoms with van der Waals surface area (Å²) < 4.78 is 11.1. The van der Waals surface area contributed by atoms with Gasteiger partial charge in [0.05, 0.1) is 12.8 Å². The highest BCUT2D eigenvalue weighted by molar-refractivity contribution is 6.31. The van der Waals surface area contributed by atoms with Crippen LogP contribution < -0.4 is 14.8 Å². The Hall–Kier alpha value is -2.20. The maximum Gasteiger partial charge on any atom is 0.227 e. The van der Waals surface area contributed by atoms with Gasteiger partial charge in [-0.3, -0.25) is 4.79 Å². The van der Waals surface area contributed by atoms with Crippen LogP contribution >= 0.6 is 11.6 Å². The summed E-state index contributed by atoms with van der Waals surface area (Å²) in [6, 6.07) is 12.5. The van der Waals surface area contributed by atoms with E-state index < -0.39 is 0 Å². The lowest BCUT2D eigenvalue weighted by atomic mass is 10.1. The highest BCUT2D eigenvalue weighted by Gasteiger charge is 2.23. The number of benzene rings is 2. The van der Waals surface area contributed by atoms with Gasteiger partial charge in [0.1, 0.15) is 11.5 Å². The molecule has 0 radical (unpaired) electrons. The fourth-order valence-corrected chi connectivity index (χ4v) is 3.08. The molecule has 5 heteroatoms. The second-order valence-electron chi connectivity index (χ2n) is 5.89. The molecule has 2 aromatic rings. The minimum atomic E-state index is 0.0326. The van der Waals surface area contributed by atoms with Crippen LogP contribution in [0.15, 0.2) is 42.5 Å². The first kappa shape index (κ1) is 16.7. The molecule has 126 valence electrons. The van der Waals surface area contributed by atoms with Gasteiger partial charge in [-0.15, -0.1) is 0 Å². The van der Waals surface area contributed by atoms with E-state index in [0.717, 1.165) is 25.7 Å². The van der Waals surface area contributed by atoms with Crippen LogP contribution in [0.2, 0.25) is 5.02 Å². The zero-order chi connectivity index (χ0) is 16.9. The lowest BCUT2D eigenvalue weighted by Crippen LogP contribution is -2.20. The van der Waals surface area contributed by atoms with Crippen LogP contribution in [0.25, 0.3) is 0 Å². The fraction of sp³-hybridized carbons (Fsp3) is 0.316. The topological polar surface area (TPSA) is 47.6 Å². The van der Waals surface area contributed by atoms with Crippen molar-refractivity contribution in [2.45, 2.75) is 25.7 Å². The van der Waals surface area contributed by atoms with Crippen LogP contribution in [-0.4, -0.2) is 13.0 Å². The maximum absolute atomic E-state index is 12.4. The number of hydrogen-bond donors (Lipinski definition) is 1. The molecule has 0 saturated heterocycles. The van der Waals surface area contributed by atoms with Crippen molar-refractivity contribution in [2.75, 3.05) is 12.4 Å². The normalized spacial score (nSPS) is 14.4. The number of amides is 1. The molecule has 1 aliphatic carbocycles. The summed E-state index contributed by atoms with van der Waals surface area (Å²) in [5, 5.41) is 3.51. The fourth-order valence-electron chi connectivity index (χ4n) is 2.90.